The number of nitrogens with one attached hydrogen (secondary N) is 2. The minimum absolute atomic E-state index is 0.0895. The molecule has 8 heteroatoms. The number of carbonyl (C=O) groups is 1. The number of benzene rings is 2. The van der Waals surface area contributed by atoms with Crippen molar-refractivity contribution >= 4 is 45.0 Å². The lowest BCUT2D eigenvalue weighted by molar-refractivity contribution is -0.145. The number of aromatic amines is 1. The highest BCUT2D eigenvalue weighted by atomic mass is 35.5. The second-order valence-electron chi connectivity index (χ2n) is 8.97. The summed E-state index contributed by atoms with van der Waals surface area (Å²) in [7, 11) is 1.65. The highest BCUT2D eigenvalue weighted by Gasteiger charge is 2.35. The number of H-pyrrole nitrogens is 1. The number of rotatable bonds is 8. The quantitative estimate of drug-likeness (QED) is 0.375. The molecule has 0 aliphatic carbocycles. The van der Waals surface area contributed by atoms with Crippen LogP contribution in [0.5, 0.6) is 0 Å². The summed E-state index contributed by atoms with van der Waals surface area (Å²) >= 11 is 6.14. The molecular weight excluding hydrogens is 462 g/mol. The lowest BCUT2D eigenvalue weighted by Gasteiger charge is -2.40. The zero-order chi connectivity index (χ0) is 24.4. The van der Waals surface area contributed by atoms with Crippen LogP contribution in [0.4, 0.5) is 5.69 Å². The molecule has 0 saturated carbocycles. The van der Waals surface area contributed by atoms with E-state index in [1.807, 2.05) is 35.4 Å². The molecule has 1 aliphatic rings. The monoisotopic (exact) mass is 491 g/mol. The van der Waals surface area contributed by atoms with Crippen LogP contribution in [0.3, 0.4) is 0 Å². The Kier molecular flexibility index (Phi) is 6.90. The fraction of sp³-hybridized carbons (Fsp3) is 0.333. The molecule has 1 unspecified atom stereocenters. The lowest BCUT2D eigenvalue weighted by atomic mass is 10.1. The van der Waals surface area contributed by atoms with Crippen molar-refractivity contribution < 1.29 is 9.53 Å². The SMILES string of the molecule is CCNc1ccnc2cc(CN3CCN(Cc4cc5cc(Cl)ccc5[nH]4)C(COC)C3=O)ccc12. The fourth-order valence-corrected chi connectivity index (χ4v) is 5.07. The maximum atomic E-state index is 13.5. The molecule has 5 rings (SSSR count). The van der Waals surface area contributed by atoms with Crippen LogP contribution in [0.1, 0.15) is 18.2 Å². The number of carbonyl (C=O) groups excluding carboxylic acids is 1. The molecule has 3 heterocycles. The Labute approximate surface area is 210 Å². The molecule has 7 nitrogen and oxygen atoms in total. The van der Waals surface area contributed by atoms with Gasteiger partial charge in [0.1, 0.15) is 6.04 Å². The summed E-state index contributed by atoms with van der Waals surface area (Å²) in [5.41, 5.74) is 5.18. The zero-order valence-corrected chi connectivity index (χ0v) is 20.8. The summed E-state index contributed by atoms with van der Waals surface area (Å²) in [5.74, 6) is 0.0895. The molecule has 4 aromatic rings. The minimum Gasteiger partial charge on any atom is -0.385 e. The molecule has 0 spiro atoms. The zero-order valence-electron chi connectivity index (χ0n) is 20.1. The maximum Gasteiger partial charge on any atom is 0.242 e. The molecular formula is C27H30ClN5O2. The smallest absolute Gasteiger partial charge is 0.242 e. The van der Waals surface area contributed by atoms with Crippen molar-refractivity contribution in [3.8, 4) is 0 Å². The third kappa shape index (κ3) is 4.98. The van der Waals surface area contributed by atoms with E-state index in [2.05, 4.69) is 51.4 Å². The first kappa shape index (κ1) is 23.6. The van der Waals surface area contributed by atoms with Gasteiger partial charge in [-0.2, -0.15) is 0 Å². The molecule has 182 valence electrons. The topological polar surface area (TPSA) is 73.5 Å². The van der Waals surface area contributed by atoms with Gasteiger partial charge in [0.25, 0.3) is 0 Å². The standard InChI is InChI=1S/C27H30ClN5O2/c1-3-29-24-8-9-30-25-12-18(4-6-22(24)25)15-33-11-10-32(26(17-35-2)27(33)34)16-21-14-19-13-20(28)5-7-23(19)31-21/h4-9,12-14,26,31H,3,10-11,15-17H2,1-2H3,(H,29,30). The number of methoxy groups -OCH3 is 1. The summed E-state index contributed by atoms with van der Waals surface area (Å²) in [6.45, 7) is 5.92. The molecule has 1 aliphatic heterocycles. The van der Waals surface area contributed by atoms with Crippen LogP contribution in [0.25, 0.3) is 21.8 Å². The van der Waals surface area contributed by atoms with Gasteiger partial charge in [0.05, 0.1) is 12.1 Å². The van der Waals surface area contributed by atoms with Crippen LogP contribution >= 0.6 is 11.6 Å². The van der Waals surface area contributed by atoms with Crippen LogP contribution in [0.2, 0.25) is 5.02 Å². The Hall–Kier alpha value is -3.13. The van der Waals surface area contributed by atoms with Gasteiger partial charge in [0.15, 0.2) is 0 Å². The molecule has 1 amide bonds. The molecule has 2 N–H and O–H groups in total. The molecule has 0 bridgehead atoms. The Balaban J connectivity index is 1.32. The predicted molar refractivity (Wildman–Crippen MR) is 141 cm³/mol. The highest BCUT2D eigenvalue weighted by molar-refractivity contribution is 6.31. The predicted octanol–water partition coefficient (Wildman–Crippen LogP) is 4.66. The Bertz CT molecular complexity index is 1350. The fourth-order valence-electron chi connectivity index (χ4n) is 4.89. The highest BCUT2D eigenvalue weighted by Crippen LogP contribution is 2.25. The van der Waals surface area contributed by atoms with E-state index in [1.54, 1.807) is 7.11 Å². The van der Waals surface area contributed by atoms with E-state index in [4.69, 9.17) is 16.3 Å². The van der Waals surface area contributed by atoms with Gasteiger partial charge in [-0.15, -0.1) is 0 Å². The summed E-state index contributed by atoms with van der Waals surface area (Å²) < 4.78 is 5.45. The van der Waals surface area contributed by atoms with Crippen LogP contribution in [0, 0.1) is 0 Å². The molecule has 35 heavy (non-hydrogen) atoms. The average molecular weight is 492 g/mol. The molecule has 1 fully saturated rings. The number of ether oxygens (including phenoxy) is 1. The van der Waals surface area contributed by atoms with Crippen LogP contribution in [0.15, 0.2) is 54.7 Å². The van der Waals surface area contributed by atoms with Crippen molar-refractivity contribution in [2.45, 2.75) is 26.1 Å². The van der Waals surface area contributed by atoms with Gasteiger partial charge in [-0.3, -0.25) is 14.7 Å². The third-order valence-corrected chi connectivity index (χ3v) is 6.81. The first-order valence-corrected chi connectivity index (χ1v) is 12.3. The van der Waals surface area contributed by atoms with Crippen molar-refractivity contribution in [1.82, 2.24) is 19.8 Å². The maximum absolute atomic E-state index is 13.5. The molecule has 2 aromatic carbocycles. The summed E-state index contributed by atoms with van der Waals surface area (Å²) in [4.78, 5) is 25.6. The molecule has 2 aromatic heterocycles. The number of fused-ring (bicyclic) bond motifs is 2. The van der Waals surface area contributed by atoms with E-state index in [9.17, 15) is 4.79 Å². The van der Waals surface area contributed by atoms with E-state index in [0.29, 0.717) is 31.3 Å². The Morgan fingerprint density at radius 1 is 1.14 bits per heavy atom. The summed E-state index contributed by atoms with van der Waals surface area (Å²) in [6, 6.07) is 15.8. The van der Waals surface area contributed by atoms with E-state index in [-0.39, 0.29) is 11.9 Å². The largest absolute Gasteiger partial charge is 0.385 e. The third-order valence-electron chi connectivity index (χ3n) is 6.58. The number of pyridine rings is 1. The van der Waals surface area contributed by atoms with Crippen LogP contribution < -0.4 is 5.32 Å². The van der Waals surface area contributed by atoms with Gasteiger partial charge in [-0.1, -0.05) is 23.7 Å². The van der Waals surface area contributed by atoms with Crippen molar-refractivity contribution in [3.63, 3.8) is 0 Å². The molecule has 0 radical (unpaired) electrons. The van der Waals surface area contributed by atoms with E-state index in [0.717, 1.165) is 51.8 Å². The number of hydrogen-bond donors (Lipinski definition) is 2. The first-order chi connectivity index (χ1) is 17.1. The van der Waals surface area contributed by atoms with Gasteiger partial charge in [-0.25, -0.2) is 0 Å². The Morgan fingerprint density at radius 2 is 2.03 bits per heavy atom. The average Bonchev–Trinajstić information content (AvgIpc) is 3.25. The lowest BCUT2D eigenvalue weighted by Crippen LogP contribution is -2.57. The number of nitrogens with zero attached hydrogens (tertiary/aromatic N) is 3. The number of halogens is 1. The van der Waals surface area contributed by atoms with E-state index >= 15 is 0 Å². The number of hydrogen-bond acceptors (Lipinski definition) is 5. The van der Waals surface area contributed by atoms with Crippen LogP contribution in [-0.4, -0.2) is 65.1 Å². The van der Waals surface area contributed by atoms with E-state index < -0.39 is 0 Å². The normalized spacial score (nSPS) is 16.9. The second kappa shape index (κ2) is 10.2. The number of amides is 1. The van der Waals surface area contributed by atoms with Crippen molar-refractivity contribution in [2.75, 3.05) is 38.7 Å². The van der Waals surface area contributed by atoms with Gasteiger partial charge in [-0.05, 0) is 48.9 Å². The Morgan fingerprint density at radius 3 is 2.86 bits per heavy atom. The second-order valence-corrected chi connectivity index (χ2v) is 9.40. The molecule has 1 atom stereocenters. The van der Waals surface area contributed by atoms with Gasteiger partial charge >= 0.3 is 0 Å². The first-order valence-electron chi connectivity index (χ1n) is 12.0. The summed E-state index contributed by atoms with van der Waals surface area (Å²) in [6.07, 6.45) is 1.82. The summed E-state index contributed by atoms with van der Waals surface area (Å²) in [5, 5.41) is 6.26. The molecule has 1 saturated heterocycles. The van der Waals surface area contributed by atoms with Gasteiger partial charge in [0, 0.05) is 78.7 Å². The van der Waals surface area contributed by atoms with Crippen molar-refractivity contribution in [3.05, 3.63) is 71.0 Å². The minimum atomic E-state index is -0.331. The van der Waals surface area contributed by atoms with Crippen molar-refractivity contribution in [1.29, 1.82) is 0 Å². The van der Waals surface area contributed by atoms with Crippen molar-refractivity contribution in [2.24, 2.45) is 0 Å². The van der Waals surface area contributed by atoms with E-state index in [1.165, 1.54) is 0 Å². The van der Waals surface area contributed by atoms with Gasteiger partial charge < -0.3 is 19.9 Å². The number of piperazine rings is 1. The number of anilines is 1. The van der Waals surface area contributed by atoms with Crippen LogP contribution in [-0.2, 0) is 22.6 Å². The number of aromatic nitrogens is 2. The van der Waals surface area contributed by atoms with Gasteiger partial charge in [0.2, 0.25) is 5.91 Å².